The average molecular weight is 363 g/mol. The Morgan fingerprint density at radius 3 is 2.76 bits per heavy atom. The van der Waals surface area contributed by atoms with Crippen LogP contribution in [0.5, 0.6) is 5.75 Å². The van der Waals surface area contributed by atoms with Crippen LogP contribution in [0.1, 0.15) is 37.8 Å². The fourth-order valence-corrected chi connectivity index (χ4v) is 3.73. The molecule has 3 N–H and O–H groups in total. The first kappa shape index (κ1) is 19.4. The van der Waals surface area contributed by atoms with Crippen LogP contribution >= 0.6 is 0 Å². The molecule has 2 aromatic rings. The number of benzene rings is 1. The lowest BCUT2D eigenvalue weighted by Gasteiger charge is -2.17. The summed E-state index contributed by atoms with van der Waals surface area (Å²) in [7, 11) is -3.66. The zero-order valence-electron chi connectivity index (χ0n) is 14.4. The summed E-state index contributed by atoms with van der Waals surface area (Å²) in [5.41, 5.74) is 6.28. The average Bonchev–Trinajstić information content (AvgIpc) is 2.64. The number of aromatic nitrogens is 1. The number of rotatable bonds is 10. The van der Waals surface area contributed by atoms with Crippen molar-refractivity contribution in [1.29, 1.82) is 0 Å². The van der Waals surface area contributed by atoms with Gasteiger partial charge < -0.3 is 10.5 Å². The van der Waals surface area contributed by atoms with Crippen LogP contribution in [0.15, 0.2) is 53.7 Å². The van der Waals surface area contributed by atoms with E-state index in [0.717, 1.165) is 18.4 Å². The summed E-state index contributed by atoms with van der Waals surface area (Å²) in [6, 6.07) is 9.86. The summed E-state index contributed by atoms with van der Waals surface area (Å²) in [5.74, 6) is 0.536. The highest BCUT2D eigenvalue weighted by atomic mass is 32.2. The van der Waals surface area contributed by atoms with Gasteiger partial charge in [-0.3, -0.25) is 4.98 Å². The van der Waals surface area contributed by atoms with Crippen LogP contribution in [0.3, 0.4) is 0 Å². The molecule has 0 radical (unpaired) electrons. The molecule has 7 heteroatoms. The monoisotopic (exact) mass is 363 g/mol. The van der Waals surface area contributed by atoms with E-state index in [1.54, 1.807) is 42.7 Å². The quantitative estimate of drug-likeness (QED) is 0.633. The number of nitrogens with two attached hydrogens (primary N) is 1. The van der Waals surface area contributed by atoms with Crippen molar-refractivity contribution < 1.29 is 13.2 Å². The van der Waals surface area contributed by atoms with E-state index in [4.69, 9.17) is 10.5 Å². The number of hydrogen-bond acceptors (Lipinski definition) is 5. The summed E-state index contributed by atoms with van der Waals surface area (Å²) in [4.78, 5) is 4.24. The van der Waals surface area contributed by atoms with Gasteiger partial charge in [-0.25, -0.2) is 13.1 Å². The highest BCUT2D eigenvalue weighted by Crippen LogP contribution is 2.22. The van der Waals surface area contributed by atoms with Gasteiger partial charge >= 0.3 is 0 Å². The Morgan fingerprint density at radius 2 is 2.08 bits per heavy atom. The van der Waals surface area contributed by atoms with Gasteiger partial charge in [-0.1, -0.05) is 19.1 Å². The molecule has 0 aliphatic heterocycles. The number of nitrogens with one attached hydrogen (secondary N) is 1. The van der Waals surface area contributed by atoms with Crippen molar-refractivity contribution in [1.82, 2.24) is 9.71 Å². The molecular weight excluding hydrogens is 338 g/mol. The first-order chi connectivity index (χ1) is 12.1. The fourth-order valence-electron chi connectivity index (χ4n) is 2.39. The van der Waals surface area contributed by atoms with Crippen molar-refractivity contribution >= 4 is 10.0 Å². The van der Waals surface area contributed by atoms with Crippen LogP contribution in [-0.4, -0.2) is 26.6 Å². The summed E-state index contributed by atoms with van der Waals surface area (Å²) >= 11 is 0. The minimum Gasteiger partial charge on any atom is -0.494 e. The Hall–Kier alpha value is -1.96. The molecule has 136 valence electrons. The van der Waals surface area contributed by atoms with E-state index in [1.165, 1.54) is 0 Å². The van der Waals surface area contributed by atoms with E-state index in [-0.39, 0.29) is 10.9 Å². The summed E-state index contributed by atoms with van der Waals surface area (Å²) in [5, 5.41) is 0. The van der Waals surface area contributed by atoms with Gasteiger partial charge in [-0.15, -0.1) is 0 Å². The molecule has 0 spiro atoms. The Bertz CT molecular complexity index is 751. The second kappa shape index (κ2) is 9.50. The number of nitrogens with zero attached hydrogens (tertiary/aromatic N) is 1. The van der Waals surface area contributed by atoms with Crippen LogP contribution in [0, 0.1) is 0 Å². The normalized spacial score (nSPS) is 12.7. The van der Waals surface area contributed by atoms with Crippen LogP contribution in [0.25, 0.3) is 0 Å². The number of pyridine rings is 1. The second-order valence-corrected chi connectivity index (χ2v) is 7.40. The molecule has 1 atom stereocenters. The van der Waals surface area contributed by atoms with E-state index in [0.29, 0.717) is 25.3 Å². The number of unbranched alkanes of at least 4 members (excludes halogenated alkanes) is 1. The van der Waals surface area contributed by atoms with Gasteiger partial charge in [0, 0.05) is 24.5 Å². The number of sulfonamides is 1. The van der Waals surface area contributed by atoms with E-state index in [2.05, 4.69) is 9.71 Å². The molecule has 0 bridgehead atoms. The largest absolute Gasteiger partial charge is 0.494 e. The van der Waals surface area contributed by atoms with Gasteiger partial charge in [-0.2, -0.15) is 0 Å². The summed E-state index contributed by atoms with van der Waals surface area (Å²) in [6.45, 7) is 3.06. The lowest BCUT2D eigenvalue weighted by Crippen LogP contribution is -2.28. The van der Waals surface area contributed by atoms with Gasteiger partial charge in [0.25, 0.3) is 0 Å². The summed E-state index contributed by atoms with van der Waals surface area (Å²) in [6.07, 6.45) is 5.68. The third-order valence-electron chi connectivity index (χ3n) is 3.78. The molecule has 0 saturated carbocycles. The first-order valence-corrected chi connectivity index (χ1v) is 9.90. The van der Waals surface area contributed by atoms with E-state index in [1.807, 2.05) is 13.0 Å². The van der Waals surface area contributed by atoms with E-state index >= 15 is 0 Å². The van der Waals surface area contributed by atoms with Crippen molar-refractivity contribution in [3.8, 4) is 5.75 Å². The molecule has 1 aromatic carbocycles. The number of hydrogen-bond donors (Lipinski definition) is 2. The molecule has 0 aliphatic rings. The Labute approximate surface area is 149 Å². The molecule has 1 heterocycles. The van der Waals surface area contributed by atoms with Gasteiger partial charge in [0.05, 0.1) is 11.5 Å². The second-order valence-electron chi connectivity index (χ2n) is 5.69. The van der Waals surface area contributed by atoms with Crippen molar-refractivity contribution in [2.24, 2.45) is 5.73 Å². The van der Waals surface area contributed by atoms with Crippen molar-refractivity contribution in [2.75, 3.05) is 13.2 Å². The van der Waals surface area contributed by atoms with Gasteiger partial charge in [0.2, 0.25) is 10.0 Å². The zero-order valence-corrected chi connectivity index (χ0v) is 15.2. The van der Waals surface area contributed by atoms with Crippen molar-refractivity contribution in [3.63, 3.8) is 0 Å². The molecule has 0 amide bonds. The SMILES string of the molecule is CCC(NS(=O)(=O)c1cccc(OCCCCN)c1)c1cccnc1. The first-order valence-electron chi connectivity index (χ1n) is 8.42. The molecular formula is C18H25N3O3S. The lowest BCUT2D eigenvalue weighted by atomic mass is 10.1. The van der Waals surface area contributed by atoms with Gasteiger partial charge in [-0.05, 0) is 49.6 Å². The lowest BCUT2D eigenvalue weighted by molar-refractivity contribution is 0.307. The zero-order chi connectivity index (χ0) is 18.1. The highest BCUT2D eigenvalue weighted by molar-refractivity contribution is 7.89. The molecule has 0 aliphatic carbocycles. The minimum absolute atomic E-state index is 0.186. The maximum atomic E-state index is 12.7. The molecule has 1 aromatic heterocycles. The third-order valence-corrected chi connectivity index (χ3v) is 5.24. The molecule has 2 rings (SSSR count). The fraction of sp³-hybridized carbons (Fsp3) is 0.389. The predicted octanol–water partition coefficient (Wildman–Crippen LogP) is 2.63. The Balaban J connectivity index is 2.10. The summed E-state index contributed by atoms with van der Waals surface area (Å²) < 4.78 is 33.7. The Kier molecular flexibility index (Phi) is 7.36. The molecule has 0 fully saturated rings. The highest BCUT2D eigenvalue weighted by Gasteiger charge is 2.20. The predicted molar refractivity (Wildman–Crippen MR) is 97.8 cm³/mol. The van der Waals surface area contributed by atoms with Crippen molar-refractivity contribution in [2.45, 2.75) is 37.1 Å². The van der Waals surface area contributed by atoms with Crippen LogP contribution in [0.4, 0.5) is 0 Å². The standard InChI is InChI=1S/C18H25N3O3S/c1-2-18(15-7-6-11-20-14-15)21-25(22,23)17-9-5-8-16(13-17)24-12-4-3-10-19/h5-9,11,13-14,18,21H,2-4,10,12,19H2,1H3. The van der Waals surface area contributed by atoms with Crippen molar-refractivity contribution in [3.05, 3.63) is 54.4 Å². The molecule has 6 nitrogen and oxygen atoms in total. The maximum Gasteiger partial charge on any atom is 0.241 e. The van der Waals surface area contributed by atoms with Gasteiger partial charge in [0.15, 0.2) is 0 Å². The van der Waals surface area contributed by atoms with Crippen LogP contribution < -0.4 is 15.2 Å². The molecule has 25 heavy (non-hydrogen) atoms. The van der Waals surface area contributed by atoms with E-state index < -0.39 is 10.0 Å². The molecule has 0 saturated heterocycles. The van der Waals surface area contributed by atoms with Crippen LogP contribution in [0.2, 0.25) is 0 Å². The topological polar surface area (TPSA) is 94.3 Å². The molecule has 1 unspecified atom stereocenters. The minimum atomic E-state index is -3.66. The number of ether oxygens (including phenoxy) is 1. The maximum absolute atomic E-state index is 12.7. The van der Waals surface area contributed by atoms with Gasteiger partial charge in [0.1, 0.15) is 5.75 Å². The van der Waals surface area contributed by atoms with E-state index in [9.17, 15) is 8.42 Å². The van der Waals surface area contributed by atoms with Crippen LogP contribution in [-0.2, 0) is 10.0 Å². The third kappa shape index (κ3) is 5.81. The smallest absolute Gasteiger partial charge is 0.241 e. The Morgan fingerprint density at radius 1 is 1.24 bits per heavy atom.